The normalized spacial score (nSPS) is 16.8. The van der Waals surface area contributed by atoms with Gasteiger partial charge in [0.25, 0.3) is 0 Å². The molecule has 1 aliphatic heterocycles. The van der Waals surface area contributed by atoms with Gasteiger partial charge in [-0.25, -0.2) is 0 Å². The summed E-state index contributed by atoms with van der Waals surface area (Å²) in [6.45, 7) is 6.08. The van der Waals surface area contributed by atoms with E-state index in [0.717, 1.165) is 18.0 Å². The number of H-pyrrole nitrogens is 1. The van der Waals surface area contributed by atoms with Gasteiger partial charge in [0, 0.05) is 29.3 Å². The lowest BCUT2D eigenvalue weighted by atomic mass is 9.90. The molecule has 3 aromatic heterocycles. The fourth-order valence-corrected chi connectivity index (χ4v) is 5.74. The molecular weight excluding hydrogens is 402 g/mol. The Morgan fingerprint density at radius 1 is 1.16 bits per heavy atom. The van der Waals surface area contributed by atoms with E-state index in [1.54, 1.807) is 12.7 Å². The molecule has 1 unspecified atom stereocenters. The highest BCUT2D eigenvalue weighted by molar-refractivity contribution is 7.07. The lowest BCUT2D eigenvalue weighted by Gasteiger charge is -2.33. The number of rotatable bonds is 8. The maximum absolute atomic E-state index is 3.93. The Morgan fingerprint density at radius 3 is 2.77 bits per heavy atom. The fraction of sp³-hybridized carbons (Fsp3) is 0.440. The van der Waals surface area contributed by atoms with Crippen LogP contribution in [0, 0.1) is 5.92 Å². The summed E-state index contributed by atoms with van der Waals surface area (Å²) in [7, 11) is 0. The zero-order chi connectivity index (χ0) is 21.0. The van der Waals surface area contributed by atoms with Crippen molar-refractivity contribution >= 4 is 22.2 Å². The summed E-state index contributed by atoms with van der Waals surface area (Å²) in [4.78, 5) is 6.11. The average Bonchev–Trinajstić information content (AvgIpc) is 3.56. The molecule has 31 heavy (non-hydrogen) atoms. The minimum Gasteiger partial charge on any atom is -0.361 e. The third kappa shape index (κ3) is 4.75. The molecule has 4 aromatic rings. The number of piperidine rings is 1. The molecule has 1 aromatic carbocycles. The van der Waals surface area contributed by atoms with E-state index < -0.39 is 0 Å². The van der Waals surface area contributed by atoms with Crippen molar-refractivity contribution in [2.24, 2.45) is 5.92 Å². The fourth-order valence-electron chi connectivity index (χ4n) is 4.95. The minimum absolute atomic E-state index is 0.646. The number of fused-ring (bicyclic) bond motifs is 1. The Hall–Kier alpha value is -2.44. The molecule has 162 valence electrons. The zero-order valence-corrected chi connectivity index (χ0v) is 19.0. The average molecular weight is 434 g/mol. The highest BCUT2D eigenvalue weighted by Crippen LogP contribution is 2.28. The van der Waals surface area contributed by atoms with Gasteiger partial charge in [0.2, 0.25) is 0 Å². The number of hydrogen-bond acceptors (Lipinski definition) is 4. The number of aromatic amines is 1. The summed E-state index contributed by atoms with van der Waals surface area (Å²) in [5, 5.41) is 13.7. The quantitative estimate of drug-likeness (QED) is 0.391. The molecule has 5 nitrogen and oxygen atoms in total. The number of thiophene rings is 1. The second kappa shape index (κ2) is 9.37. The summed E-state index contributed by atoms with van der Waals surface area (Å²) in [6, 6.07) is 8.79. The van der Waals surface area contributed by atoms with Gasteiger partial charge in [0.15, 0.2) is 0 Å². The smallest absolute Gasteiger partial charge is 0.123 e. The number of aromatic nitrogens is 4. The van der Waals surface area contributed by atoms with Crippen LogP contribution in [0.4, 0.5) is 0 Å². The van der Waals surface area contributed by atoms with Gasteiger partial charge in [-0.15, -0.1) is 10.2 Å². The van der Waals surface area contributed by atoms with E-state index in [9.17, 15) is 0 Å². The van der Waals surface area contributed by atoms with Crippen molar-refractivity contribution < 1.29 is 0 Å². The van der Waals surface area contributed by atoms with Crippen LogP contribution in [0.1, 0.15) is 49.7 Å². The van der Waals surface area contributed by atoms with Gasteiger partial charge in [-0.1, -0.05) is 13.3 Å². The molecule has 1 saturated heterocycles. The Bertz CT molecular complexity index is 1070. The first kappa shape index (κ1) is 20.5. The van der Waals surface area contributed by atoms with Crippen LogP contribution in [0.3, 0.4) is 0 Å². The van der Waals surface area contributed by atoms with Gasteiger partial charge in [0.1, 0.15) is 12.7 Å². The second-order valence-corrected chi connectivity index (χ2v) is 9.79. The van der Waals surface area contributed by atoms with Crippen LogP contribution in [-0.4, -0.2) is 44.3 Å². The van der Waals surface area contributed by atoms with E-state index in [1.165, 1.54) is 67.3 Å². The van der Waals surface area contributed by atoms with Crippen molar-refractivity contribution in [1.82, 2.24) is 24.6 Å². The first-order valence-electron chi connectivity index (χ1n) is 11.5. The summed E-state index contributed by atoms with van der Waals surface area (Å²) >= 11 is 1.81. The van der Waals surface area contributed by atoms with E-state index in [4.69, 9.17) is 0 Å². The molecule has 0 bridgehead atoms. The number of nitrogens with zero attached hydrogens (tertiary/aromatic N) is 4. The molecule has 1 fully saturated rings. The predicted molar refractivity (Wildman–Crippen MR) is 128 cm³/mol. The molecule has 0 radical (unpaired) electrons. The largest absolute Gasteiger partial charge is 0.361 e. The number of benzene rings is 1. The first-order valence-corrected chi connectivity index (χ1v) is 12.4. The van der Waals surface area contributed by atoms with E-state index in [-0.39, 0.29) is 0 Å². The monoisotopic (exact) mass is 433 g/mol. The number of hydrogen-bond donors (Lipinski definition) is 1. The Kier molecular flexibility index (Phi) is 6.18. The van der Waals surface area contributed by atoms with Crippen molar-refractivity contribution in [3.8, 4) is 5.69 Å². The van der Waals surface area contributed by atoms with Crippen molar-refractivity contribution in [2.45, 2.75) is 44.9 Å². The predicted octanol–water partition coefficient (Wildman–Crippen LogP) is 5.65. The highest BCUT2D eigenvalue weighted by atomic mass is 32.1. The van der Waals surface area contributed by atoms with E-state index >= 15 is 0 Å². The molecule has 4 heterocycles. The lowest BCUT2D eigenvalue weighted by molar-refractivity contribution is 0.171. The van der Waals surface area contributed by atoms with Crippen molar-refractivity contribution in [3.05, 3.63) is 65.0 Å². The molecule has 1 atom stereocenters. The molecule has 6 heteroatoms. The van der Waals surface area contributed by atoms with Gasteiger partial charge in [-0.05, 0) is 96.8 Å². The zero-order valence-electron chi connectivity index (χ0n) is 18.2. The van der Waals surface area contributed by atoms with Crippen LogP contribution in [0.15, 0.2) is 53.9 Å². The molecular formula is C25H31N5S. The third-order valence-corrected chi connectivity index (χ3v) is 7.58. The summed E-state index contributed by atoms with van der Waals surface area (Å²) < 4.78 is 1.96. The molecule has 1 N–H and O–H groups in total. The topological polar surface area (TPSA) is 49.7 Å². The Balaban J connectivity index is 1.11. The van der Waals surface area contributed by atoms with Crippen LogP contribution in [0.2, 0.25) is 0 Å². The SMILES string of the molecule is CC(CN1CCC(CCCc2c[nH]c3ccc(-n4cnnc4)cc23)CC1)c1ccsc1. The van der Waals surface area contributed by atoms with E-state index in [0.29, 0.717) is 5.92 Å². The Labute approximate surface area is 188 Å². The maximum Gasteiger partial charge on any atom is 0.123 e. The number of nitrogens with one attached hydrogen (secondary N) is 1. The Morgan fingerprint density at radius 2 is 2.00 bits per heavy atom. The van der Waals surface area contributed by atoms with Crippen LogP contribution >= 0.6 is 11.3 Å². The molecule has 0 spiro atoms. The van der Waals surface area contributed by atoms with Gasteiger partial charge in [-0.3, -0.25) is 4.57 Å². The molecule has 1 aliphatic rings. The molecule has 0 saturated carbocycles. The van der Waals surface area contributed by atoms with Crippen LogP contribution in [0.25, 0.3) is 16.6 Å². The number of likely N-dealkylation sites (tertiary alicyclic amines) is 1. The molecule has 0 amide bonds. The van der Waals surface area contributed by atoms with Crippen molar-refractivity contribution in [2.75, 3.05) is 19.6 Å². The minimum atomic E-state index is 0.646. The van der Waals surface area contributed by atoms with Gasteiger partial charge < -0.3 is 9.88 Å². The van der Waals surface area contributed by atoms with Crippen LogP contribution < -0.4 is 0 Å². The summed E-state index contributed by atoms with van der Waals surface area (Å²) in [5.74, 6) is 1.53. The third-order valence-electron chi connectivity index (χ3n) is 6.88. The van der Waals surface area contributed by atoms with Gasteiger partial charge in [-0.2, -0.15) is 11.3 Å². The van der Waals surface area contributed by atoms with Crippen LogP contribution in [-0.2, 0) is 6.42 Å². The standard InChI is InChI=1S/C25H31N5S/c1-19(22-9-12-31-16-22)15-29-10-7-20(8-11-29)3-2-4-21-14-26-25-6-5-23(13-24(21)25)30-17-27-28-18-30/h5-6,9,12-14,16-20,26H,2-4,7-8,10-11,15H2,1H3. The van der Waals surface area contributed by atoms with Crippen LogP contribution in [0.5, 0.6) is 0 Å². The molecule has 0 aliphatic carbocycles. The van der Waals surface area contributed by atoms with Gasteiger partial charge in [0.05, 0.1) is 0 Å². The molecule has 5 rings (SSSR count). The second-order valence-electron chi connectivity index (χ2n) is 9.01. The van der Waals surface area contributed by atoms with E-state index in [1.807, 2.05) is 15.9 Å². The summed E-state index contributed by atoms with van der Waals surface area (Å²) in [5.41, 5.74) is 5.24. The van der Waals surface area contributed by atoms with Crippen molar-refractivity contribution in [1.29, 1.82) is 0 Å². The first-order chi connectivity index (χ1) is 15.3. The lowest BCUT2D eigenvalue weighted by Crippen LogP contribution is -2.36. The van der Waals surface area contributed by atoms with Crippen molar-refractivity contribution in [3.63, 3.8) is 0 Å². The number of aryl methyl sites for hydroxylation is 1. The maximum atomic E-state index is 3.93. The highest BCUT2D eigenvalue weighted by Gasteiger charge is 2.21. The summed E-state index contributed by atoms with van der Waals surface area (Å²) in [6.07, 6.45) is 12.1. The van der Waals surface area contributed by atoms with E-state index in [2.05, 4.69) is 68.2 Å². The van der Waals surface area contributed by atoms with Gasteiger partial charge >= 0.3 is 0 Å².